The van der Waals surface area contributed by atoms with E-state index in [2.05, 4.69) is 24.9 Å². The predicted molar refractivity (Wildman–Crippen MR) is 72.7 cm³/mol. The van der Waals surface area contributed by atoms with E-state index >= 15 is 0 Å². The third-order valence-corrected chi connectivity index (χ3v) is 3.80. The first-order chi connectivity index (χ1) is 7.88. The second-order valence-electron chi connectivity index (χ2n) is 5.18. The van der Waals surface area contributed by atoms with Crippen LogP contribution in [0.15, 0.2) is 12.7 Å². The third-order valence-electron chi connectivity index (χ3n) is 3.80. The summed E-state index contributed by atoms with van der Waals surface area (Å²) in [6, 6.07) is 0.778. The Hall–Kier alpha value is -0.300. The fourth-order valence-electron chi connectivity index (χ4n) is 2.85. The van der Waals surface area contributed by atoms with Crippen LogP contribution in [-0.4, -0.2) is 12.6 Å². The molecule has 1 atom stereocenters. The van der Waals surface area contributed by atoms with Gasteiger partial charge >= 0.3 is 0 Å². The van der Waals surface area contributed by atoms with Crippen LogP contribution in [0, 0.1) is 5.92 Å². The van der Waals surface area contributed by atoms with Crippen molar-refractivity contribution in [3.05, 3.63) is 12.7 Å². The van der Waals surface area contributed by atoms with E-state index in [1.54, 1.807) is 0 Å². The molecule has 0 aromatic carbocycles. The van der Waals surface area contributed by atoms with Gasteiger partial charge in [0.05, 0.1) is 0 Å². The molecule has 1 aliphatic rings. The smallest absolute Gasteiger partial charge is 0.00954 e. The van der Waals surface area contributed by atoms with Crippen LogP contribution < -0.4 is 5.32 Å². The van der Waals surface area contributed by atoms with E-state index < -0.39 is 0 Å². The van der Waals surface area contributed by atoms with Crippen molar-refractivity contribution in [2.24, 2.45) is 5.92 Å². The minimum atomic E-state index is 0.778. The first kappa shape index (κ1) is 13.8. The number of nitrogens with one attached hydrogen (secondary N) is 1. The summed E-state index contributed by atoms with van der Waals surface area (Å²) in [5.74, 6) is 0.949. The van der Waals surface area contributed by atoms with Crippen LogP contribution in [0.2, 0.25) is 0 Å². The molecule has 0 amide bonds. The lowest BCUT2D eigenvalue weighted by molar-refractivity contribution is 0.255. The van der Waals surface area contributed by atoms with Gasteiger partial charge in [0.25, 0.3) is 0 Å². The van der Waals surface area contributed by atoms with E-state index in [0.29, 0.717) is 0 Å². The molecule has 0 bridgehead atoms. The van der Waals surface area contributed by atoms with Crippen LogP contribution in [0.5, 0.6) is 0 Å². The van der Waals surface area contributed by atoms with Gasteiger partial charge in [-0.2, -0.15) is 0 Å². The summed E-state index contributed by atoms with van der Waals surface area (Å²) in [5, 5.41) is 3.76. The second kappa shape index (κ2) is 8.81. The van der Waals surface area contributed by atoms with Gasteiger partial charge in [0.2, 0.25) is 0 Å². The van der Waals surface area contributed by atoms with E-state index in [0.717, 1.165) is 12.0 Å². The number of hydrogen-bond acceptors (Lipinski definition) is 1. The van der Waals surface area contributed by atoms with E-state index in [-0.39, 0.29) is 0 Å². The summed E-state index contributed by atoms with van der Waals surface area (Å²) in [4.78, 5) is 0. The lowest BCUT2D eigenvalue weighted by Crippen LogP contribution is -2.37. The fourth-order valence-corrected chi connectivity index (χ4v) is 2.85. The molecule has 0 spiro atoms. The minimum Gasteiger partial charge on any atom is -0.314 e. The van der Waals surface area contributed by atoms with Gasteiger partial charge in [-0.15, -0.1) is 6.58 Å². The SMILES string of the molecule is C=CCCCC(NCCC)C1CCCCC1. The zero-order valence-electron chi connectivity index (χ0n) is 11.0. The van der Waals surface area contributed by atoms with E-state index in [9.17, 15) is 0 Å². The van der Waals surface area contributed by atoms with E-state index in [4.69, 9.17) is 0 Å². The highest BCUT2D eigenvalue weighted by Gasteiger charge is 2.22. The van der Waals surface area contributed by atoms with Crippen LogP contribution in [0.1, 0.15) is 64.7 Å². The Morgan fingerprint density at radius 1 is 1.31 bits per heavy atom. The van der Waals surface area contributed by atoms with Gasteiger partial charge in [-0.25, -0.2) is 0 Å². The maximum absolute atomic E-state index is 3.81. The Labute approximate surface area is 102 Å². The number of hydrogen-bond donors (Lipinski definition) is 1. The molecule has 1 heteroatoms. The van der Waals surface area contributed by atoms with Gasteiger partial charge in [-0.1, -0.05) is 32.3 Å². The van der Waals surface area contributed by atoms with Crippen LogP contribution in [0.25, 0.3) is 0 Å². The molecular formula is C15H29N. The molecule has 1 unspecified atom stereocenters. The Morgan fingerprint density at radius 3 is 2.69 bits per heavy atom. The molecule has 0 heterocycles. The Balaban J connectivity index is 2.31. The van der Waals surface area contributed by atoms with Crippen molar-refractivity contribution in [1.82, 2.24) is 5.32 Å². The molecule has 0 aromatic rings. The molecule has 1 N–H and O–H groups in total. The first-order valence-electron chi connectivity index (χ1n) is 7.22. The molecular weight excluding hydrogens is 194 g/mol. The third kappa shape index (κ3) is 5.16. The van der Waals surface area contributed by atoms with Crippen molar-refractivity contribution in [3.63, 3.8) is 0 Å². The lowest BCUT2D eigenvalue weighted by atomic mass is 9.82. The normalized spacial score (nSPS) is 19.6. The summed E-state index contributed by atoms with van der Waals surface area (Å²) in [7, 11) is 0. The summed E-state index contributed by atoms with van der Waals surface area (Å²) >= 11 is 0. The molecule has 16 heavy (non-hydrogen) atoms. The fraction of sp³-hybridized carbons (Fsp3) is 0.867. The van der Waals surface area contributed by atoms with Crippen molar-refractivity contribution in [1.29, 1.82) is 0 Å². The average Bonchev–Trinajstić information content (AvgIpc) is 2.35. The minimum absolute atomic E-state index is 0.778. The second-order valence-corrected chi connectivity index (χ2v) is 5.18. The van der Waals surface area contributed by atoms with Crippen LogP contribution >= 0.6 is 0 Å². The molecule has 1 fully saturated rings. The molecule has 1 rings (SSSR count). The van der Waals surface area contributed by atoms with Crippen molar-refractivity contribution in [2.75, 3.05) is 6.54 Å². The van der Waals surface area contributed by atoms with Gasteiger partial charge in [0.1, 0.15) is 0 Å². The number of rotatable bonds is 8. The molecule has 0 radical (unpaired) electrons. The Bertz CT molecular complexity index is 170. The van der Waals surface area contributed by atoms with Crippen molar-refractivity contribution < 1.29 is 0 Å². The standard InChI is InChI=1S/C15H29N/c1-3-5-7-12-15(16-13-4-2)14-10-8-6-9-11-14/h3,14-16H,1,4-13H2,2H3. The lowest BCUT2D eigenvalue weighted by Gasteiger charge is -2.31. The van der Waals surface area contributed by atoms with Gasteiger partial charge in [0, 0.05) is 6.04 Å². The molecule has 1 nitrogen and oxygen atoms in total. The average molecular weight is 223 g/mol. The topological polar surface area (TPSA) is 12.0 Å². The highest BCUT2D eigenvalue weighted by atomic mass is 14.9. The Kier molecular flexibility index (Phi) is 7.58. The quantitative estimate of drug-likeness (QED) is 0.478. The monoisotopic (exact) mass is 223 g/mol. The summed E-state index contributed by atoms with van der Waals surface area (Å²) in [6.45, 7) is 7.26. The number of unbranched alkanes of at least 4 members (excludes halogenated alkanes) is 1. The predicted octanol–water partition coefficient (Wildman–Crippen LogP) is 4.29. The summed E-state index contributed by atoms with van der Waals surface area (Å²) in [6.07, 6.45) is 14.4. The maximum Gasteiger partial charge on any atom is 0.00954 e. The van der Waals surface area contributed by atoms with Crippen LogP contribution in [-0.2, 0) is 0 Å². The van der Waals surface area contributed by atoms with Crippen molar-refractivity contribution in [2.45, 2.75) is 70.8 Å². The van der Waals surface area contributed by atoms with Gasteiger partial charge < -0.3 is 5.32 Å². The molecule has 1 aliphatic carbocycles. The molecule has 0 saturated heterocycles. The van der Waals surface area contributed by atoms with Gasteiger partial charge in [-0.3, -0.25) is 0 Å². The van der Waals surface area contributed by atoms with E-state index in [1.165, 1.54) is 64.3 Å². The first-order valence-corrected chi connectivity index (χ1v) is 7.22. The van der Waals surface area contributed by atoms with Crippen molar-refractivity contribution >= 4 is 0 Å². The van der Waals surface area contributed by atoms with Gasteiger partial charge in [-0.05, 0) is 51.0 Å². The largest absolute Gasteiger partial charge is 0.314 e. The summed E-state index contributed by atoms with van der Waals surface area (Å²) < 4.78 is 0. The number of allylic oxidation sites excluding steroid dienone is 1. The van der Waals surface area contributed by atoms with E-state index in [1.807, 2.05) is 0 Å². The zero-order valence-corrected chi connectivity index (χ0v) is 11.0. The zero-order chi connectivity index (χ0) is 11.6. The highest BCUT2D eigenvalue weighted by molar-refractivity contribution is 4.80. The van der Waals surface area contributed by atoms with Gasteiger partial charge in [0.15, 0.2) is 0 Å². The maximum atomic E-state index is 3.81. The van der Waals surface area contributed by atoms with Crippen LogP contribution in [0.3, 0.4) is 0 Å². The molecule has 0 aromatic heterocycles. The summed E-state index contributed by atoms with van der Waals surface area (Å²) in [5.41, 5.74) is 0. The highest BCUT2D eigenvalue weighted by Crippen LogP contribution is 2.28. The molecule has 1 saturated carbocycles. The molecule has 94 valence electrons. The van der Waals surface area contributed by atoms with Crippen LogP contribution in [0.4, 0.5) is 0 Å². The Morgan fingerprint density at radius 2 is 2.06 bits per heavy atom. The van der Waals surface area contributed by atoms with Crippen molar-refractivity contribution in [3.8, 4) is 0 Å². The molecule has 0 aliphatic heterocycles.